The maximum atomic E-state index is 12.0. The highest BCUT2D eigenvalue weighted by atomic mass is 16.5. The van der Waals surface area contributed by atoms with Gasteiger partial charge in [0.2, 0.25) is 0 Å². The molecule has 4 nitrogen and oxygen atoms in total. The molecule has 1 aliphatic heterocycles. The van der Waals surface area contributed by atoms with E-state index < -0.39 is 0 Å². The summed E-state index contributed by atoms with van der Waals surface area (Å²) in [5, 5.41) is 8.70. The van der Waals surface area contributed by atoms with Gasteiger partial charge in [-0.15, -0.1) is 0 Å². The molecule has 1 aliphatic rings. The Labute approximate surface area is 100 Å². The minimum Gasteiger partial charge on any atom is -0.368 e. The van der Waals surface area contributed by atoms with Crippen molar-refractivity contribution in [2.24, 2.45) is 0 Å². The molecular formula is C13H14N2O2. The van der Waals surface area contributed by atoms with E-state index in [1.165, 1.54) is 0 Å². The number of ether oxygens (including phenoxy) is 1. The van der Waals surface area contributed by atoms with E-state index in [0.29, 0.717) is 12.2 Å². The van der Waals surface area contributed by atoms with Crippen LogP contribution in [0.15, 0.2) is 24.3 Å². The van der Waals surface area contributed by atoms with E-state index in [1.54, 1.807) is 36.2 Å². The Morgan fingerprint density at radius 3 is 2.71 bits per heavy atom. The van der Waals surface area contributed by atoms with Crippen molar-refractivity contribution in [3.05, 3.63) is 29.8 Å². The molecule has 0 bridgehead atoms. The predicted molar refractivity (Wildman–Crippen MR) is 63.5 cm³/mol. The molecule has 1 saturated heterocycles. The number of nitrogens with zero attached hydrogens (tertiary/aromatic N) is 2. The van der Waals surface area contributed by atoms with E-state index >= 15 is 0 Å². The molecule has 17 heavy (non-hydrogen) atoms. The number of rotatable bonds is 2. The highest BCUT2D eigenvalue weighted by Gasteiger charge is 2.26. The van der Waals surface area contributed by atoms with Crippen LogP contribution in [0.3, 0.4) is 0 Å². The quantitative estimate of drug-likeness (QED) is 0.777. The number of likely N-dealkylation sites (N-methyl/N-ethyl adjacent to an activating group) is 1. The first-order chi connectivity index (χ1) is 8.22. The number of anilines is 1. The molecule has 2 rings (SSSR count). The van der Waals surface area contributed by atoms with Crippen molar-refractivity contribution < 1.29 is 9.53 Å². The Bertz CT molecular complexity index is 441. The summed E-state index contributed by atoms with van der Waals surface area (Å²) in [6.45, 7) is 0.664. The number of carbonyl (C=O) groups is 1. The summed E-state index contributed by atoms with van der Waals surface area (Å²) in [5.41, 5.74) is 1.37. The average Bonchev–Trinajstić information content (AvgIpc) is 2.91. The lowest BCUT2D eigenvalue weighted by Gasteiger charge is -2.20. The Balaban J connectivity index is 2.10. The fourth-order valence-electron chi connectivity index (χ4n) is 1.88. The van der Waals surface area contributed by atoms with Gasteiger partial charge in [-0.25, -0.2) is 0 Å². The molecule has 1 atom stereocenters. The fourth-order valence-corrected chi connectivity index (χ4v) is 1.88. The van der Waals surface area contributed by atoms with Gasteiger partial charge in [-0.2, -0.15) is 5.26 Å². The summed E-state index contributed by atoms with van der Waals surface area (Å²) < 4.78 is 5.36. The molecule has 0 saturated carbocycles. The van der Waals surface area contributed by atoms with Crippen LogP contribution in [-0.4, -0.2) is 25.7 Å². The topological polar surface area (TPSA) is 53.3 Å². The fraction of sp³-hybridized carbons (Fsp3) is 0.385. The van der Waals surface area contributed by atoms with Crippen molar-refractivity contribution in [3.63, 3.8) is 0 Å². The van der Waals surface area contributed by atoms with Crippen LogP contribution in [0.25, 0.3) is 0 Å². The Hall–Kier alpha value is -1.86. The lowest BCUT2D eigenvalue weighted by Crippen LogP contribution is -2.35. The second-order valence-electron chi connectivity index (χ2n) is 4.06. The van der Waals surface area contributed by atoms with Gasteiger partial charge in [-0.3, -0.25) is 4.79 Å². The van der Waals surface area contributed by atoms with Gasteiger partial charge in [-0.1, -0.05) is 0 Å². The Morgan fingerprint density at radius 1 is 1.47 bits per heavy atom. The molecular weight excluding hydrogens is 216 g/mol. The van der Waals surface area contributed by atoms with Crippen LogP contribution in [0.1, 0.15) is 18.4 Å². The zero-order valence-electron chi connectivity index (χ0n) is 9.72. The van der Waals surface area contributed by atoms with E-state index in [0.717, 1.165) is 18.5 Å². The Morgan fingerprint density at radius 2 is 2.18 bits per heavy atom. The molecule has 1 aromatic carbocycles. The summed E-state index contributed by atoms with van der Waals surface area (Å²) in [6.07, 6.45) is 1.42. The number of nitriles is 1. The third-order valence-corrected chi connectivity index (χ3v) is 2.92. The molecule has 0 aromatic heterocycles. The van der Waals surface area contributed by atoms with Crippen LogP contribution in [0, 0.1) is 11.3 Å². The highest BCUT2D eigenvalue weighted by Crippen LogP contribution is 2.19. The number of carbonyl (C=O) groups excluding carboxylic acids is 1. The van der Waals surface area contributed by atoms with Crippen LogP contribution in [0.5, 0.6) is 0 Å². The van der Waals surface area contributed by atoms with Gasteiger partial charge in [0.1, 0.15) is 6.10 Å². The van der Waals surface area contributed by atoms with Crippen molar-refractivity contribution in [2.75, 3.05) is 18.6 Å². The van der Waals surface area contributed by atoms with E-state index in [1.807, 2.05) is 6.07 Å². The summed E-state index contributed by atoms with van der Waals surface area (Å²) in [6, 6.07) is 8.99. The molecule has 1 aromatic rings. The monoisotopic (exact) mass is 230 g/mol. The molecule has 1 heterocycles. The largest absolute Gasteiger partial charge is 0.368 e. The van der Waals surface area contributed by atoms with Crippen molar-refractivity contribution in [2.45, 2.75) is 18.9 Å². The third-order valence-electron chi connectivity index (χ3n) is 2.92. The zero-order chi connectivity index (χ0) is 12.3. The molecule has 0 radical (unpaired) electrons. The molecule has 0 spiro atoms. The second kappa shape index (κ2) is 4.98. The van der Waals surface area contributed by atoms with Crippen molar-refractivity contribution >= 4 is 11.6 Å². The lowest BCUT2D eigenvalue weighted by molar-refractivity contribution is -0.127. The standard InChI is InChI=1S/C13H14N2O2/c1-15(13(16)12-3-2-8-17-12)11-6-4-10(9-14)5-7-11/h4-7,12H,2-3,8H2,1H3. The normalized spacial score (nSPS) is 18.7. The molecule has 1 fully saturated rings. The van der Waals surface area contributed by atoms with Crippen LogP contribution in [0.4, 0.5) is 5.69 Å². The minimum absolute atomic E-state index is 0.0211. The lowest BCUT2D eigenvalue weighted by atomic mass is 10.2. The minimum atomic E-state index is -0.310. The molecule has 4 heteroatoms. The van der Waals surface area contributed by atoms with Crippen molar-refractivity contribution in [3.8, 4) is 6.07 Å². The van der Waals surface area contributed by atoms with E-state index in [4.69, 9.17) is 10.00 Å². The van der Waals surface area contributed by atoms with E-state index in [-0.39, 0.29) is 12.0 Å². The first-order valence-electron chi connectivity index (χ1n) is 5.61. The molecule has 1 unspecified atom stereocenters. The number of hydrogen-bond acceptors (Lipinski definition) is 3. The smallest absolute Gasteiger partial charge is 0.255 e. The summed E-state index contributed by atoms with van der Waals surface area (Å²) in [7, 11) is 1.73. The van der Waals surface area contributed by atoms with Gasteiger partial charge >= 0.3 is 0 Å². The number of benzene rings is 1. The van der Waals surface area contributed by atoms with Gasteiger partial charge in [0.25, 0.3) is 5.91 Å². The van der Waals surface area contributed by atoms with E-state index in [2.05, 4.69) is 0 Å². The summed E-state index contributed by atoms with van der Waals surface area (Å²) >= 11 is 0. The van der Waals surface area contributed by atoms with E-state index in [9.17, 15) is 4.79 Å². The van der Waals surface area contributed by atoms with Crippen LogP contribution in [0.2, 0.25) is 0 Å². The second-order valence-corrected chi connectivity index (χ2v) is 4.06. The SMILES string of the molecule is CN(C(=O)C1CCCO1)c1ccc(C#N)cc1. The number of hydrogen-bond donors (Lipinski definition) is 0. The van der Waals surface area contributed by atoms with Crippen molar-refractivity contribution in [1.29, 1.82) is 5.26 Å². The van der Waals surface area contributed by atoms with Gasteiger partial charge in [0.15, 0.2) is 0 Å². The summed E-state index contributed by atoms with van der Waals surface area (Å²) in [4.78, 5) is 13.6. The van der Waals surface area contributed by atoms with Crippen LogP contribution >= 0.6 is 0 Å². The van der Waals surface area contributed by atoms with Gasteiger partial charge in [-0.05, 0) is 37.1 Å². The van der Waals surface area contributed by atoms with Crippen LogP contribution in [-0.2, 0) is 9.53 Å². The molecule has 88 valence electrons. The third kappa shape index (κ3) is 2.45. The average molecular weight is 230 g/mol. The maximum Gasteiger partial charge on any atom is 0.255 e. The first-order valence-corrected chi connectivity index (χ1v) is 5.61. The van der Waals surface area contributed by atoms with Gasteiger partial charge < -0.3 is 9.64 Å². The maximum absolute atomic E-state index is 12.0. The molecule has 1 amide bonds. The molecule has 0 aliphatic carbocycles. The Kier molecular flexibility index (Phi) is 3.40. The van der Waals surface area contributed by atoms with Crippen LogP contribution < -0.4 is 4.90 Å². The summed E-state index contributed by atoms with van der Waals surface area (Å²) in [5.74, 6) is -0.0211. The zero-order valence-corrected chi connectivity index (χ0v) is 9.72. The first kappa shape index (κ1) is 11.6. The predicted octanol–water partition coefficient (Wildman–Crippen LogP) is 1.70. The van der Waals surface area contributed by atoms with Crippen molar-refractivity contribution in [1.82, 2.24) is 0 Å². The van der Waals surface area contributed by atoms with Gasteiger partial charge in [0, 0.05) is 19.3 Å². The van der Waals surface area contributed by atoms with Gasteiger partial charge in [0.05, 0.1) is 11.6 Å². The highest BCUT2D eigenvalue weighted by molar-refractivity contribution is 5.96. The number of amides is 1. The molecule has 0 N–H and O–H groups in total.